The third-order valence-corrected chi connectivity index (χ3v) is 5.72. The maximum absolute atomic E-state index is 12.8. The lowest BCUT2D eigenvalue weighted by Gasteiger charge is -2.19. The smallest absolute Gasteiger partial charge is 0.244 e. The van der Waals surface area contributed by atoms with Gasteiger partial charge in [0.05, 0.1) is 24.4 Å². The Morgan fingerprint density at radius 2 is 1.63 bits per heavy atom. The van der Waals surface area contributed by atoms with Crippen molar-refractivity contribution in [3.8, 4) is 11.5 Å². The molecule has 0 unspecified atom stereocenters. The molecule has 178 valence electrons. The molecule has 0 saturated heterocycles. The molecule has 0 aliphatic rings. The molecule has 0 aliphatic carbocycles. The number of aromatic nitrogens is 1. The minimum absolute atomic E-state index is 0.194. The lowest BCUT2D eigenvalue weighted by atomic mass is 9.98. The molecule has 1 aromatic heterocycles. The van der Waals surface area contributed by atoms with Crippen molar-refractivity contribution in [3.05, 3.63) is 119 Å². The molecular formula is C29H28N2O4. The van der Waals surface area contributed by atoms with E-state index in [-0.39, 0.29) is 11.9 Å². The van der Waals surface area contributed by atoms with Gasteiger partial charge in [-0.2, -0.15) is 0 Å². The molecule has 1 amide bonds. The second-order valence-corrected chi connectivity index (χ2v) is 8.10. The second kappa shape index (κ2) is 11.2. The molecule has 4 rings (SSSR count). The first-order valence-corrected chi connectivity index (χ1v) is 11.4. The SMILES string of the molecule is COc1cc(C=CC(=O)NC(c2ccccc2)c2ccccc2)ccc1OCc1c(C)noc1C. The van der Waals surface area contributed by atoms with Crippen LogP contribution >= 0.6 is 0 Å². The van der Waals surface area contributed by atoms with Gasteiger partial charge in [-0.05, 0) is 48.7 Å². The van der Waals surface area contributed by atoms with Gasteiger partial charge in [-0.25, -0.2) is 0 Å². The molecule has 35 heavy (non-hydrogen) atoms. The Bertz CT molecular complexity index is 1240. The average molecular weight is 469 g/mol. The highest BCUT2D eigenvalue weighted by Crippen LogP contribution is 2.30. The fourth-order valence-electron chi connectivity index (χ4n) is 3.78. The zero-order valence-electron chi connectivity index (χ0n) is 20.0. The normalized spacial score (nSPS) is 11.1. The van der Waals surface area contributed by atoms with Gasteiger partial charge in [0.15, 0.2) is 11.5 Å². The highest BCUT2D eigenvalue weighted by atomic mass is 16.5. The monoisotopic (exact) mass is 468 g/mol. The molecule has 1 heterocycles. The number of aryl methyl sites for hydroxylation is 2. The molecule has 0 fully saturated rings. The summed E-state index contributed by atoms with van der Waals surface area (Å²) in [6, 6.07) is 25.1. The van der Waals surface area contributed by atoms with Crippen LogP contribution in [0.5, 0.6) is 11.5 Å². The van der Waals surface area contributed by atoms with Gasteiger partial charge in [-0.15, -0.1) is 0 Å². The number of amides is 1. The quantitative estimate of drug-likeness (QED) is 0.314. The van der Waals surface area contributed by atoms with E-state index in [1.807, 2.05) is 92.7 Å². The fraction of sp³-hybridized carbons (Fsp3) is 0.172. The molecular weight excluding hydrogens is 440 g/mol. The molecule has 0 atom stereocenters. The summed E-state index contributed by atoms with van der Waals surface area (Å²) >= 11 is 0. The highest BCUT2D eigenvalue weighted by Gasteiger charge is 2.15. The van der Waals surface area contributed by atoms with Gasteiger partial charge in [0.2, 0.25) is 5.91 Å². The number of methoxy groups -OCH3 is 1. The van der Waals surface area contributed by atoms with Crippen LogP contribution in [-0.4, -0.2) is 18.2 Å². The average Bonchev–Trinajstić information content (AvgIpc) is 3.22. The van der Waals surface area contributed by atoms with Crippen LogP contribution in [0.1, 0.15) is 39.7 Å². The van der Waals surface area contributed by atoms with Crippen molar-refractivity contribution in [3.63, 3.8) is 0 Å². The summed E-state index contributed by atoms with van der Waals surface area (Å²) < 4.78 is 16.6. The molecule has 0 radical (unpaired) electrons. The first-order chi connectivity index (χ1) is 17.0. The van der Waals surface area contributed by atoms with Crippen molar-refractivity contribution in [2.45, 2.75) is 26.5 Å². The van der Waals surface area contributed by atoms with E-state index < -0.39 is 0 Å². The van der Waals surface area contributed by atoms with Crippen molar-refractivity contribution in [1.29, 1.82) is 0 Å². The number of carbonyl (C=O) groups excluding carboxylic acids is 1. The van der Waals surface area contributed by atoms with E-state index in [9.17, 15) is 4.79 Å². The largest absolute Gasteiger partial charge is 0.493 e. The maximum Gasteiger partial charge on any atom is 0.244 e. The van der Waals surface area contributed by atoms with Crippen LogP contribution in [0, 0.1) is 13.8 Å². The third kappa shape index (κ3) is 5.98. The topological polar surface area (TPSA) is 73.6 Å². The Morgan fingerprint density at radius 1 is 0.971 bits per heavy atom. The first-order valence-electron chi connectivity index (χ1n) is 11.4. The maximum atomic E-state index is 12.8. The van der Waals surface area contributed by atoms with Gasteiger partial charge in [0.1, 0.15) is 12.4 Å². The van der Waals surface area contributed by atoms with Crippen LogP contribution in [0.15, 0.2) is 89.5 Å². The summed E-state index contributed by atoms with van der Waals surface area (Å²) in [4.78, 5) is 12.8. The fourth-order valence-corrected chi connectivity index (χ4v) is 3.78. The molecule has 6 nitrogen and oxygen atoms in total. The van der Waals surface area contributed by atoms with Gasteiger partial charge in [0, 0.05) is 6.08 Å². The summed E-state index contributed by atoms with van der Waals surface area (Å²) in [5, 5.41) is 7.06. The number of hydrogen-bond acceptors (Lipinski definition) is 5. The molecule has 0 spiro atoms. The first kappa shape index (κ1) is 23.8. The Morgan fingerprint density at radius 3 is 2.20 bits per heavy atom. The highest BCUT2D eigenvalue weighted by molar-refractivity contribution is 5.92. The van der Waals surface area contributed by atoms with Gasteiger partial charge in [-0.1, -0.05) is 71.9 Å². The number of benzene rings is 3. The number of nitrogens with zero attached hydrogens (tertiary/aromatic N) is 1. The molecule has 0 bridgehead atoms. The number of carbonyl (C=O) groups is 1. The van der Waals surface area contributed by atoms with Gasteiger partial charge in [-0.3, -0.25) is 4.79 Å². The van der Waals surface area contributed by atoms with Crippen LogP contribution in [-0.2, 0) is 11.4 Å². The van der Waals surface area contributed by atoms with Crippen LogP contribution in [0.4, 0.5) is 0 Å². The van der Waals surface area contributed by atoms with Crippen molar-refractivity contribution in [2.24, 2.45) is 0 Å². The number of nitrogens with one attached hydrogen (secondary N) is 1. The Balaban J connectivity index is 1.46. The molecule has 4 aromatic rings. The summed E-state index contributed by atoms with van der Waals surface area (Å²) in [5.41, 5.74) is 4.57. The van der Waals surface area contributed by atoms with E-state index in [1.54, 1.807) is 13.2 Å². The predicted molar refractivity (Wildman–Crippen MR) is 135 cm³/mol. The zero-order valence-corrected chi connectivity index (χ0v) is 20.0. The van der Waals surface area contributed by atoms with E-state index in [1.165, 1.54) is 6.08 Å². The van der Waals surface area contributed by atoms with E-state index in [4.69, 9.17) is 14.0 Å². The van der Waals surface area contributed by atoms with Crippen molar-refractivity contribution >= 4 is 12.0 Å². The van der Waals surface area contributed by atoms with Crippen LogP contribution in [0.25, 0.3) is 6.08 Å². The van der Waals surface area contributed by atoms with Gasteiger partial charge >= 0.3 is 0 Å². The third-order valence-electron chi connectivity index (χ3n) is 5.72. The molecule has 0 saturated carbocycles. The van der Waals surface area contributed by atoms with Crippen molar-refractivity contribution in [1.82, 2.24) is 10.5 Å². The predicted octanol–water partition coefficient (Wildman–Crippen LogP) is 5.80. The summed E-state index contributed by atoms with van der Waals surface area (Å²) in [7, 11) is 1.59. The lowest BCUT2D eigenvalue weighted by molar-refractivity contribution is -0.116. The summed E-state index contributed by atoms with van der Waals surface area (Å²) in [6.07, 6.45) is 3.28. The molecule has 1 N–H and O–H groups in total. The number of rotatable bonds is 9. The molecule has 6 heteroatoms. The number of ether oxygens (including phenoxy) is 2. The standard InChI is InChI=1S/C29H28N2O4/c1-20-25(21(2)35-31-20)19-34-26-16-14-22(18-27(26)33-3)15-17-28(32)30-29(23-10-6-4-7-11-23)24-12-8-5-9-13-24/h4-18,29H,19H2,1-3H3,(H,30,32). The Kier molecular flexibility index (Phi) is 7.63. The van der Waals surface area contributed by atoms with E-state index in [0.717, 1.165) is 33.7 Å². The Hall–Kier alpha value is -4.32. The Labute approximate surface area is 205 Å². The minimum atomic E-state index is -0.246. The number of hydrogen-bond donors (Lipinski definition) is 1. The van der Waals surface area contributed by atoms with Crippen LogP contribution in [0.2, 0.25) is 0 Å². The van der Waals surface area contributed by atoms with Crippen molar-refractivity contribution in [2.75, 3.05) is 7.11 Å². The van der Waals surface area contributed by atoms with E-state index in [2.05, 4.69) is 10.5 Å². The van der Waals surface area contributed by atoms with Crippen LogP contribution in [0.3, 0.4) is 0 Å². The van der Waals surface area contributed by atoms with Gasteiger partial charge < -0.3 is 19.3 Å². The van der Waals surface area contributed by atoms with E-state index in [0.29, 0.717) is 18.1 Å². The van der Waals surface area contributed by atoms with Gasteiger partial charge in [0.25, 0.3) is 0 Å². The van der Waals surface area contributed by atoms with E-state index >= 15 is 0 Å². The zero-order chi connectivity index (χ0) is 24.6. The molecule has 3 aromatic carbocycles. The van der Waals surface area contributed by atoms with Crippen LogP contribution < -0.4 is 14.8 Å². The molecule has 0 aliphatic heterocycles. The summed E-state index contributed by atoms with van der Waals surface area (Å²) in [5.74, 6) is 1.71. The van der Waals surface area contributed by atoms with Crippen molar-refractivity contribution < 1.29 is 18.8 Å². The lowest BCUT2D eigenvalue weighted by Crippen LogP contribution is -2.27. The summed E-state index contributed by atoms with van der Waals surface area (Å²) in [6.45, 7) is 4.07. The minimum Gasteiger partial charge on any atom is -0.493 e. The second-order valence-electron chi connectivity index (χ2n) is 8.10.